The Bertz CT molecular complexity index is 367. The minimum absolute atomic E-state index is 0.265. The zero-order chi connectivity index (χ0) is 17.3. The van der Waals surface area contributed by atoms with Crippen molar-refractivity contribution in [3.8, 4) is 0 Å². The molecule has 2 rings (SSSR count). The molecule has 2 fully saturated rings. The van der Waals surface area contributed by atoms with E-state index in [9.17, 15) is 5.11 Å². The maximum absolute atomic E-state index is 11.0. The van der Waals surface area contributed by atoms with Gasteiger partial charge in [-0.1, -0.05) is 20.8 Å². The molecular formula is C19H39N3O. The van der Waals surface area contributed by atoms with E-state index in [1.807, 2.05) is 0 Å². The van der Waals surface area contributed by atoms with E-state index in [2.05, 4.69) is 56.2 Å². The standard InChI is InChI=1S/C19H39N3O/c1-17(2,3)15-20-9-7-19(23,8-10-20)16-21-11-13-22(14-12-21)18(4,5)6/h23H,7-16H2,1-6H3. The van der Waals surface area contributed by atoms with Crippen LogP contribution in [0.5, 0.6) is 0 Å². The zero-order valence-corrected chi connectivity index (χ0v) is 16.4. The summed E-state index contributed by atoms with van der Waals surface area (Å²) in [4.78, 5) is 7.55. The molecule has 4 heteroatoms. The molecule has 1 N–H and O–H groups in total. The molecule has 2 heterocycles. The molecule has 136 valence electrons. The van der Waals surface area contributed by atoms with Gasteiger partial charge in [-0.05, 0) is 39.0 Å². The molecule has 2 aliphatic heterocycles. The van der Waals surface area contributed by atoms with Crippen LogP contribution in [0.3, 0.4) is 0 Å². The summed E-state index contributed by atoms with van der Waals surface area (Å²) in [5.74, 6) is 0. The van der Waals surface area contributed by atoms with Crippen molar-refractivity contribution in [3.05, 3.63) is 0 Å². The van der Waals surface area contributed by atoms with E-state index < -0.39 is 5.60 Å². The first-order valence-electron chi connectivity index (χ1n) is 9.39. The highest BCUT2D eigenvalue weighted by Crippen LogP contribution is 2.27. The van der Waals surface area contributed by atoms with E-state index in [1.165, 1.54) is 0 Å². The second-order valence-corrected chi connectivity index (χ2v) is 10.00. The first-order valence-corrected chi connectivity index (χ1v) is 9.39. The molecule has 2 saturated heterocycles. The molecule has 0 radical (unpaired) electrons. The van der Waals surface area contributed by atoms with Crippen LogP contribution in [0.2, 0.25) is 0 Å². The summed E-state index contributed by atoms with van der Waals surface area (Å²) >= 11 is 0. The van der Waals surface area contributed by atoms with Crippen LogP contribution >= 0.6 is 0 Å². The highest BCUT2D eigenvalue weighted by Gasteiger charge is 2.36. The van der Waals surface area contributed by atoms with Crippen LogP contribution in [-0.4, -0.2) is 83.3 Å². The monoisotopic (exact) mass is 325 g/mol. The van der Waals surface area contributed by atoms with Crippen molar-refractivity contribution in [2.24, 2.45) is 5.41 Å². The van der Waals surface area contributed by atoms with Crippen molar-refractivity contribution in [1.29, 1.82) is 0 Å². The number of piperidine rings is 1. The lowest BCUT2D eigenvalue weighted by Gasteiger charge is -2.46. The molecule has 0 aromatic heterocycles. The second kappa shape index (κ2) is 6.99. The molecule has 0 amide bonds. The summed E-state index contributed by atoms with van der Waals surface area (Å²) in [6, 6.07) is 0. The number of nitrogens with zero attached hydrogens (tertiary/aromatic N) is 3. The average Bonchev–Trinajstić information content (AvgIpc) is 2.40. The Hall–Kier alpha value is -0.160. The van der Waals surface area contributed by atoms with Gasteiger partial charge in [-0.2, -0.15) is 0 Å². The van der Waals surface area contributed by atoms with Crippen molar-refractivity contribution >= 4 is 0 Å². The molecule has 0 atom stereocenters. The smallest absolute Gasteiger partial charge is 0.0798 e. The van der Waals surface area contributed by atoms with Gasteiger partial charge in [0, 0.05) is 57.9 Å². The predicted molar refractivity (Wildman–Crippen MR) is 97.8 cm³/mol. The molecule has 0 saturated carbocycles. The van der Waals surface area contributed by atoms with E-state index in [1.54, 1.807) is 0 Å². The van der Waals surface area contributed by atoms with Crippen molar-refractivity contribution in [2.75, 3.05) is 52.4 Å². The Labute approximate surface area is 143 Å². The lowest BCUT2D eigenvalue weighted by molar-refractivity contribution is -0.0602. The molecule has 4 nitrogen and oxygen atoms in total. The molecule has 0 aromatic carbocycles. The van der Waals surface area contributed by atoms with Crippen molar-refractivity contribution in [2.45, 2.75) is 65.5 Å². The van der Waals surface area contributed by atoms with Gasteiger partial charge in [0.15, 0.2) is 0 Å². The summed E-state index contributed by atoms with van der Waals surface area (Å²) in [7, 11) is 0. The molecular weight excluding hydrogens is 286 g/mol. The number of rotatable bonds is 3. The fourth-order valence-corrected chi connectivity index (χ4v) is 3.95. The maximum Gasteiger partial charge on any atom is 0.0798 e. The second-order valence-electron chi connectivity index (χ2n) is 10.00. The van der Waals surface area contributed by atoms with Gasteiger partial charge in [0.25, 0.3) is 0 Å². The summed E-state index contributed by atoms with van der Waals surface area (Å²) < 4.78 is 0. The molecule has 0 spiro atoms. The van der Waals surface area contributed by atoms with Crippen molar-refractivity contribution < 1.29 is 5.11 Å². The summed E-state index contributed by atoms with van der Waals surface area (Å²) in [5.41, 5.74) is 0.137. The number of hydrogen-bond acceptors (Lipinski definition) is 4. The zero-order valence-electron chi connectivity index (χ0n) is 16.4. The SMILES string of the molecule is CC(C)(C)CN1CCC(O)(CN2CCN(C(C)(C)C)CC2)CC1. The molecule has 23 heavy (non-hydrogen) atoms. The molecule has 0 aliphatic carbocycles. The third-order valence-corrected chi connectivity index (χ3v) is 5.32. The average molecular weight is 326 g/mol. The molecule has 0 aromatic rings. The Morgan fingerprint density at radius 2 is 1.30 bits per heavy atom. The van der Waals surface area contributed by atoms with Gasteiger partial charge in [-0.15, -0.1) is 0 Å². The fourth-order valence-electron chi connectivity index (χ4n) is 3.95. The van der Waals surface area contributed by atoms with Gasteiger partial charge in [-0.25, -0.2) is 0 Å². The lowest BCUT2D eigenvalue weighted by atomic mass is 9.88. The van der Waals surface area contributed by atoms with E-state index >= 15 is 0 Å². The van der Waals surface area contributed by atoms with Gasteiger partial charge < -0.3 is 10.0 Å². The van der Waals surface area contributed by atoms with Gasteiger partial charge in [0.1, 0.15) is 0 Å². The van der Waals surface area contributed by atoms with Crippen LogP contribution in [0, 0.1) is 5.41 Å². The Balaban J connectivity index is 1.76. The van der Waals surface area contributed by atoms with Crippen LogP contribution in [-0.2, 0) is 0 Å². The highest BCUT2D eigenvalue weighted by molar-refractivity contribution is 4.91. The Morgan fingerprint density at radius 3 is 1.74 bits per heavy atom. The summed E-state index contributed by atoms with van der Waals surface area (Å²) in [5, 5.41) is 11.0. The number of likely N-dealkylation sites (tertiary alicyclic amines) is 1. The van der Waals surface area contributed by atoms with Crippen LogP contribution < -0.4 is 0 Å². The lowest BCUT2D eigenvalue weighted by Crippen LogP contribution is -2.58. The minimum Gasteiger partial charge on any atom is -0.388 e. The topological polar surface area (TPSA) is 30.0 Å². The number of piperazine rings is 1. The fraction of sp³-hybridized carbons (Fsp3) is 1.00. The number of hydrogen-bond donors (Lipinski definition) is 1. The first-order chi connectivity index (χ1) is 10.5. The van der Waals surface area contributed by atoms with Crippen LogP contribution in [0.1, 0.15) is 54.4 Å². The van der Waals surface area contributed by atoms with Gasteiger partial charge in [0.05, 0.1) is 5.60 Å². The van der Waals surface area contributed by atoms with E-state index in [0.717, 1.165) is 65.2 Å². The molecule has 0 bridgehead atoms. The van der Waals surface area contributed by atoms with Gasteiger partial charge in [-0.3, -0.25) is 9.80 Å². The van der Waals surface area contributed by atoms with E-state index in [-0.39, 0.29) is 5.54 Å². The highest BCUT2D eigenvalue weighted by atomic mass is 16.3. The van der Waals surface area contributed by atoms with Gasteiger partial charge in [0.2, 0.25) is 0 Å². The van der Waals surface area contributed by atoms with E-state index in [0.29, 0.717) is 5.41 Å². The molecule has 2 aliphatic rings. The summed E-state index contributed by atoms with van der Waals surface area (Å²) in [6.07, 6.45) is 1.84. The third kappa shape index (κ3) is 6.00. The first kappa shape index (κ1) is 19.2. The predicted octanol–water partition coefficient (Wildman–Crippen LogP) is 2.28. The van der Waals surface area contributed by atoms with Gasteiger partial charge >= 0.3 is 0 Å². The summed E-state index contributed by atoms with van der Waals surface area (Å²) in [6.45, 7) is 22.2. The number of aliphatic hydroxyl groups is 1. The van der Waals surface area contributed by atoms with E-state index in [4.69, 9.17) is 0 Å². The Kier molecular flexibility index (Phi) is 5.82. The number of β-amino-alcohol motifs (C(OH)–C–C–N with tert-alkyl or cyclic N) is 1. The maximum atomic E-state index is 11.0. The normalized spacial score (nSPS) is 25.7. The Morgan fingerprint density at radius 1 is 0.783 bits per heavy atom. The quantitative estimate of drug-likeness (QED) is 0.862. The van der Waals surface area contributed by atoms with Crippen LogP contribution in [0.25, 0.3) is 0 Å². The van der Waals surface area contributed by atoms with Crippen molar-refractivity contribution in [1.82, 2.24) is 14.7 Å². The third-order valence-electron chi connectivity index (χ3n) is 5.32. The minimum atomic E-state index is -0.474. The largest absolute Gasteiger partial charge is 0.388 e. The van der Waals surface area contributed by atoms with Crippen LogP contribution in [0.15, 0.2) is 0 Å². The molecule has 0 unspecified atom stereocenters. The van der Waals surface area contributed by atoms with Crippen LogP contribution in [0.4, 0.5) is 0 Å². The van der Waals surface area contributed by atoms with Crippen molar-refractivity contribution in [3.63, 3.8) is 0 Å².